The summed E-state index contributed by atoms with van der Waals surface area (Å²) in [6, 6.07) is 0. The van der Waals surface area contributed by atoms with Crippen LogP contribution in [0, 0.1) is 5.92 Å². The zero-order chi connectivity index (χ0) is 15.0. The molecule has 114 valence electrons. The molecule has 0 spiro atoms. The highest BCUT2D eigenvalue weighted by molar-refractivity contribution is 7.91. The van der Waals surface area contributed by atoms with E-state index in [0.717, 1.165) is 6.42 Å². The van der Waals surface area contributed by atoms with Crippen LogP contribution in [-0.4, -0.2) is 31.2 Å². The van der Waals surface area contributed by atoms with Gasteiger partial charge in [0, 0.05) is 5.92 Å². The summed E-state index contributed by atoms with van der Waals surface area (Å²) in [6.07, 6.45) is 6.70. The second-order valence-electron chi connectivity index (χ2n) is 6.12. The number of nitrogens with one attached hydrogen (secondary N) is 2. The summed E-state index contributed by atoms with van der Waals surface area (Å²) >= 11 is 0. The average Bonchev–Trinajstić information content (AvgIpc) is 3.25. The first-order chi connectivity index (χ1) is 9.31. The molecule has 2 rings (SSSR count). The Labute approximate surface area is 121 Å². The SMILES string of the molecule is CC=CC1CC1(NCCC)C(=O)NS(=O)(=O)C1(C)CC1. The van der Waals surface area contributed by atoms with E-state index in [2.05, 4.69) is 10.0 Å². The third-order valence-electron chi connectivity index (χ3n) is 4.37. The predicted molar refractivity (Wildman–Crippen MR) is 78.6 cm³/mol. The Kier molecular flexibility index (Phi) is 3.99. The van der Waals surface area contributed by atoms with E-state index in [1.165, 1.54) is 0 Å². The van der Waals surface area contributed by atoms with Gasteiger partial charge in [-0.15, -0.1) is 0 Å². The topological polar surface area (TPSA) is 75.3 Å². The van der Waals surface area contributed by atoms with E-state index in [1.807, 2.05) is 26.0 Å². The van der Waals surface area contributed by atoms with Gasteiger partial charge in [-0.2, -0.15) is 0 Å². The minimum atomic E-state index is -3.56. The summed E-state index contributed by atoms with van der Waals surface area (Å²) in [5.74, 6) is -0.316. The van der Waals surface area contributed by atoms with Crippen molar-refractivity contribution in [3.05, 3.63) is 12.2 Å². The van der Waals surface area contributed by atoms with Crippen LogP contribution in [-0.2, 0) is 14.8 Å². The monoisotopic (exact) mass is 300 g/mol. The number of amides is 1. The maximum atomic E-state index is 12.4. The lowest BCUT2D eigenvalue weighted by molar-refractivity contribution is -0.122. The van der Waals surface area contributed by atoms with E-state index in [1.54, 1.807) is 6.92 Å². The van der Waals surface area contributed by atoms with Gasteiger partial charge in [0.15, 0.2) is 0 Å². The van der Waals surface area contributed by atoms with Crippen LogP contribution in [0.5, 0.6) is 0 Å². The number of carbonyl (C=O) groups is 1. The second-order valence-corrected chi connectivity index (χ2v) is 8.32. The molecule has 0 radical (unpaired) electrons. The van der Waals surface area contributed by atoms with Gasteiger partial charge in [-0.05, 0) is 46.1 Å². The summed E-state index contributed by atoms with van der Waals surface area (Å²) < 4.78 is 25.9. The van der Waals surface area contributed by atoms with Crippen LogP contribution in [0.1, 0.15) is 46.5 Å². The Bertz CT molecular complexity index is 523. The minimum Gasteiger partial charge on any atom is -0.303 e. The van der Waals surface area contributed by atoms with E-state index < -0.39 is 26.2 Å². The fourth-order valence-corrected chi connectivity index (χ4v) is 3.74. The number of sulfonamides is 1. The summed E-state index contributed by atoms with van der Waals surface area (Å²) in [7, 11) is -3.56. The van der Waals surface area contributed by atoms with Crippen LogP contribution in [0.15, 0.2) is 12.2 Å². The fraction of sp³-hybridized carbons (Fsp3) is 0.786. The molecule has 0 aromatic carbocycles. The molecule has 1 amide bonds. The van der Waals surface area contributed by atoms with Gasteiger partial charge in [-0.1, -0.05) is 19.1 Å². The van der Waals surface area contributed by atoms with Crippen molar-refractivity contribution in [2.75, 3.05) is 6.54 Å². The number of rotatable bonds is 7. The molecule has 2 saturated carbocycles. The van der Waals surface area contributed by atoms with Gasteiger partial charge < -0.3 is 5.32 Å². The lowest BCUT2D eigenvalue weighted by Crippen LogP contribution is -2.51. The molecule has 2 aliphatic rings. The van der Waals surface area contributed by atoms with Crippen LogP contribution in [0.2, 0.25) is 0 Å². The van der Waals surface area contributed by atoms with Gasteiger partial charge in [-0.25, -0.2) is 8.42 Å². The normalized spacial score (nSPS) is 31.2. The van der Waals surface area contributed by atoms with E-state index in [-0.39, 0.29) is 5.92 Å². The first-order valence-corrected chi connectivity index (χ1v) is 8.74. The first-order valence-electron chi connectivity index (χ1n) is 7.26. The van der Waals surface area contributed by atoms with Crippen molar-refractivity contribution in [2.45, 2.75) is 56.7 Å². The Hall–Kier alpha value is -0.880. The van der Waals surface area contributed by atoms with Crippen molar-refractivity contribution in [2.24, 2.45) is 5.92 Å². The van der Waals surface area contributed by atoms with Crippen molar-refractivity contribution < 1.29 is 13.2 Å². The molecule has 0 saturated heterocycles. The summed E-state index contributed by atoms with van der Waals surface area (Å²) in [5, 5.41) is 3.22. The van der Waals surface area contributed by atoms with Gasteiger partial charge in [0.25, 0.3) is 5.91 Å². The number of hydrogen-bond acceptors (Lipinski definition) is 4. The van der Waals surface area contributed by atoms with Crippen LogP contribution in [0.3, 0.4) is 0 Å². The molecule has 2 fully saturated rings. The minimum absolute atomic E-state index is 0.0845. The first kappa shape index (κ1) is 15.5. The molecule has 2 N–H and O–H groups in total. The smallest absolute Gasteiger partial charge is 0.254 e. The van der Waals surface area contributed by atoms with E-state index in [9.17, 15) is 13.2 Å². The predicted octanol–water partition coefficient (Wildman–Crippen LogP) is 1.32. The lowest BCUT2D eigenvalue weighted by atomic mass is 10.1. The highest BCUT2D eigenvalue weighted by Gasteiger charge is 2.60. The third kappa shape index (κ3) is 2.63. The molecular weight excluding hydrogens is 276 g/mol. The molecular formula is C14H24N2O3S. The molecule has 2 aliphatic carbocycles. The van der Waals surface area contributed by atoms with Gasteiger partial charge in [0.1, 0.15) is 5.54 Å². The maximum Gasteiger partial charge on any atom is 0.254 e. The third-order valence-corrected chi connectivity index (χ3v) is 6.52. The van der Waals surface area contributed by atoms with E-state index in [0.29, 0.717) is 25.8 Å². The van der Waals surface area contributed by atoms with Crippen molar-refractivity contribution >= 4 is 15.9 Å². The Balaban J connectivity index is 2.09. The summed E-state index contributed by atoms with van der Waals surface area (Å²) in [6.45, 7) is 6.32. The van der Waals surface area contributed by atoms with E-state index in [4.69, 9.17) is 0 Å². The summed E-state index contributed by atoms with van der Waals surface area (Å²) in [5.41, 5.74) is -0.735. The largest absolute Gasteiger partial charge is 0.303 e. The molecule has 0 aliphatic heterocycles. The fourth-order valence-electron chi connectivity index (χ4n) is 2.43. The molecule has 2 unspecified atom stereocenters. The number of carbonyl (C=O) groups excluding carboxylic acids is 1. The van der Waals surface area contributed by atoms with Gasteiger partial charge in [-0.3, -0.25) is 9.52 Å². The van der Waals surface area contributed by atoms with Gasteiger partial charge in [0.2, 0.25) is 10.0 Å². The van der Waals surface area contributed by atoms with Crippen LogP contribution in [0.25, 0.3) is 0 Å². The molecule has 0 heterocycles. The Morgan fingerprint density at radius 2 is 2.05 bits per heavy atom. The van der Waals surface area contributed by atoms with Crippen LogP contribution in [0.4, 0.5) is 0 Å². The Morgan fingerprint density at radius 3 is 2.55 bits per heavy atom. The second kappa shape index (κ2) is 5.15. The maximum absolute atomic E-state index is 12.4. The highest BCUT2D eigenvalue weighted by Crippen LogP contribution is 2.46. The molecule has 0 aromatic rings. The Morgan fingerprint density at radius 1 is 1.40 bits per heavy atom. The molecule has 5 nitrogen and oxygen atoms in total. The zero-order valence-electron chi connectivity index (χ0n) is 12.4. The molecule has 0 aromatic heterocycles. The molecule has 2 atom stereocenters. The standard InChI is InChI=1S/C14H24N2O3S/c1-4-6-11-10-14(11,15-9-5-2)12(17)16-20(18,19)13(3)7-8-13/h4,6,11,15H,5,7-10H2,1-3H3,(H,16,17). The molecule has 6 heteroatoms. The molecule has 20 heavy (non-hydrogen) atoms. The summed E-state index contributed by atoms with van der Waals surface area (Å²) in [4.78, 5) is 12.4. The quantitative estimate of drug-likeness (QED) is 0.695. The van der Waals surface area contributed by atoms with Crippen molar-refractivity contribution in [3.63, 3.8) is 0 Å². The zero-order valence-corrected chi connectivity index (χ0v) is 13.2. The highest BCUT2D eigenvalue weighted by atomic mass is 32.2. The van der Waals surface area contributed by atoms with Crippen molar-refractivity contribution in [3.8, 4) is 0 Å². The molecule has 0 bridgehead atoms. The van der Waals surface area contributed by atoms with Crippen LogP contribution >= 0.6 is 0 Å². The van der Waals surface area contributed by atoms with Gasteiger partial charge in [0.05, 0.1) is 4.75 Å². The number of allylic oxidation sites excluding steroid dienone is 1. The van der Waals surface area contributed by atoms with E-state index >= 15 is 0 Å². The van der Waals surface area contributed by atoms with Gasteiger partial charge >= 0.3 is 0 Å². The lowest BCUT2D eigenvalue weighted by Gasteiger charge is -2.20. The number of hydrogen-bond donors (Lipinski definition) is 2. The van der Waals surface area contributed by atoms with Crippen LogP contribution < -0.4 is 10.0 Å². The van der Waals surface area contributed by atoms with Crippen molar-refractivity contribution in [1.82, 2.24) is 10.0 Å². The average molecular weight is 300 g/mol. The van der Waals surface area contributed by atoms with Crippen molar-refractivity contribution in [1.29, 1.82) is 0 Å².